The number of ether oxygens (including phenoxy) is 1. The molecule has 0 radical (unpaired) electrons. The van der Waals surface area contributed by atoms with Gasteiger partial charge in [-0.25, -0.2) is 0 Å². The SMILES string of the molecule is CCCCCCCCNC(N)=NCC1CN(C)CCO1. The van der Waals surface area contributed by atoms with E-state index in [0.717, 1.165) is 26.2 Å². The first kappa shape index (κ1) is 17.2. The van der Waals surface area contributed by atoms with E-state index in [1.807, 2.05) is 0 Å². The van der Waals surface area contributed by atoms with Crippen molar-refractivity contribution in [2.45, 2.75) is 51.6 Å². The van der Waals surface area contributed by atoms with Crippen molar-refractivity contribution in [1.82, 2.24) is 10.2 Å². The van der Waals surface area contributed by atoms with Gasteiger partial charge in [-0.1, -0.05) is 39.0 Å². The summed E-state index contributed by atoms with van der Waals surface area (Å²) in [6.45, 7) is 6.56. The molecule has 118 valence electrons. The summed E-state index contributed by atoms with van der Waals surface area (Å²) in [4.78, 5) is 6.63. The van der Waals surface area contributed by atoms with Crippen LogP contribution in [0.15, 0.2) is 4.99 Å². The largest absolute Gasteiger partial charge is 0.374 e. The quantitative estimate of drug-likeness (QED) is 0.383. The molecule has 0 aromatic rings. The van der Waals surface area contributed by atoms with Gasteiger partial charge in [0.1, 0.15) is 0 Å². The Morgan fingerprint density at radius 1 is 1.30 bits per heavy atom. The zero-order valence-corrected chi connectivity index (χ0v) is 13.2. The second-order valence-corrected chi connectivity index (χ2v) is 5.68. The molecular formula is C15H32N4O. The first-order valence-electron chi connectivity index (χ1n) is 8.06. The van der Waals surface area contributed by atoms with E-state index in [9.17, 15) is 0 Å². The lowest BCUT2D eigenvalue weighted by Crippen LogP contribution is -2.42. The van der Waals surface area contributed by atoms with Crippen LogP contribution in [0.1, 0.15) is 45.4 Å². The molecule has 1 aliphatic rings. The second-order valence-electron chi connectivity index (χ2n) is 5.68. The van der Waals surface area contributed by atoms with Crippen molar-refractivity contribution in [3.8, 4) is 0 Å². The van der Waals surface area contributed by atoms with E-state index < -0.39 is 0 Å². The molecule has 0 aromatic heterocycles. The molecule has 1 atom stereocenters. The maximum Gasteiger partial charge on any atom is 0.188 e. The molecule has 1 fully saturated rings. The van der Waals surface area contributed by atoms with E-state index in [0.29, 0.717) is 12.5 Å². The van der Waals surface area contributed by atoms with Gasteiger partial charge in [0, 0.05) is 19.6 Å². The minimum Gasteiger partial charge on any atom is -0.374 e. The standard InChI is InChI=1S/C15H32N4O/c1-3-4-5-6-7-8-9-17-15(16)18-12-14-13-19(2)10-11-20-14/h14H,3-13H2,1-2H3,(H3,16,17,18). The van der Waals surface area contributed by atoms with Gasteiger partial charge in [-0.15, -0.1) is 0 Å². The smallest absolute Gasteiger partial charge is 0.188 e. The van der Waals surface area contributed by atoms with Crippen LogP contribution in [0.3, 0.4) is 0 Å². The Morgan fingerprint density at radius 2 is 2.05 bits per heavy atom. The summed E-state index contributed by atoms with van der Waals surface area (Å²) in [6.07, 6.45) is 7.97. The molecule has 0 aromatic carbocycles. The molecule has 0 spiro atoms. The summed E-state index contributed by atoms with van der Waals surface area (Å²) in [5.41, 5.74) is 5.86. The van der Waals surface area contributed by atoms with E-state index in [2.05, 4.69) is 29.2 Å². The van der Waals surface area contributed by atoms with Gasteiger partial charge in [-0.2, -0.15) is 0 Å². The van der Waals surface area contributed by atoms with Crippen molar-refractivity contribution in [2.24, 2.45) is 10.7 Å². The lowest BCUT2D eigenvalue weighted by atomic mass is 10.1. The Bertz CT molecular complexity index is 271. The fraction of sp³-hybridized carbons (Fsp3) is 0.933. The average Bonchev–Trinajstić information content (AvgIpc) is 2.44. The molecule has 1 heterocycles. The molecule has 5 heteroatoms. The fourth-order valence-corrected chi connectivity index (χ4v) is 2.36. The molecule has 1 saturated heterocycles. The molecule has 0 bridgehead atoms. The van der Waals surface area contributed by atoms with E-state index in [1.165, 1.54) is 38.5 Å². The maximum atomic E-state index is 5.86. The van der Waals surface area contributed by atoms with Crippen molar-refractivity contribution in [1.29, 1.82) is 0 Å². The van der Waals surface area contributed by atoms with Crippen LogP contribution in [-0.4, -0.2) is 56.8 Å². The number of likely N-dealkylation sites (N-methyl/N-ethyl adjacent to an activating group) is 1. The Labute approximate surface area is 124 Å². The third-order valence-corrected chi connectivity index (χ3v) is 3.64. The number of nitrogens with zero attached hydrogens (tertiary/aromatic N) is 2. The number of morpholine rings is 1. The molecule has 3 N–H and O–H groups in total. The Morgan fingerprint density at radius 3 is 2.80 bits per heavy atom. The minimum absolute atomic E-state index is 0.183. The molecule has 5 nitrogen and oxygen atoms in total. The summed E-state index contributed by atoms with van der Waals surface area (Å²) < 4.78 is 5.65. The molecular weight excluding hydrogens is 252 g/mol. The fourth-order valence-electron chi connectivity index (χ4n) is 2.36. The van der Waals surface area contributed by atoms with Crippen molar-refractivity contribution >= 4 is 5.96 Å². The van der Waals surface area contributed by atoms with Crippen LogP contribution in [0.25, 0.3) is 0 Å². The third kappa shape index (κ3) is 8.38. The molecule has 1 aliphatic heterocycles. The molecule has 1 rings (SSSR count). The molecule has 0 amide bonds. The van der Waals surface area contributed by atoms with Gasteiger partial charge in [0.05, 0.1) is 19.3 Å². The number of hydrogen-bond acceptors (Lipinski definition) is 3. The summed E-state index contributed by atoms with van der Waals surface area (Å²) >= 11 is 0. The Balaban J connectivity index is 2.00. The topological polar surface area (TPSA) is 62.9 Å². The highest BCUT2D eigenvalue weighted by Crippen LogP contribution is 2.04. The number of guanidine groups is 1. The highest BCUT2D eigenvalue weighted by Gasteiger charge is 2.16. The predicted octanol–water partition coefficient (Wildman–Crippen LogP) is 1.58. The van der Waals surface area contributed by atoms with Gasteiger partial charge in [0.15, 0.2) is 5.96 Å². The Kier molecular flexibility index (Phi) is 9.41. The normalized spacial score (nSPS) is 21.1. The van der Waals surface area contributed by atoms with E-state index in [4.69, 9.17) is 10.5 Å². The highest BCUT2D eigenvalue weighted by atomic mass is 16.5. The molecule has 0 saturated carbocycles. The van der Waals surface area contributed by atoms with Gasteiger partial charge in [-0.05, 0) is 13.5 Å². The van der Waals surface area contributed by atoms with E-state index in [-0.39, 0.29) is 6.10 Å². The van der Waals surface area contributed by atoms with Gasteiger partial charge >= 0.3 is 0 Å². The Hall–Kier alpha value is -0.810. The second kappa shape index (κ2) is 10.9. The van der Waals surface area contributed by atoms with Crippen LogP contribution in [-0.2, 0) is 4.74 Å². The third-order valence-electron chi connectivity index (χ3n) is 3.64. The molecule has 20 heavy (non-hydrogen) atoms. The number of unbranched alkanes of at least 4 members (excludes halogenated alkanes) is 5. The van der Waals surface area contributed by atoms with Gasteiger partial charge in [0.25, 0.3) is 0 Å². The zero-order chi connectivity index (χ0) is 14.6. The molecule has 0 aliphatic carbocycles. The average molecular weight is 284 g/mol. The number of aliphatic imine (C=N–C) groups is 1. The zero-order valence-electron chi connectivity index (χ0n) is 13.2. The maximum absolute atomic E-state index is 5.86. The summed E-state index contributed by atoms with van der Waals surface area (Å²) in [7, 11) is 2.11. The van der Waals surface area contributed by atoms with Crippen LogP contribution < -0.4 is 11.1 Å². The van der Waals surface area contributed by atoms with Crippen LogP contribution in [0.5, 0.6) is 0 Å². The highest BCUT2D eigenvalue weighted by molar-refractivity contribution is 5.77. The van der Waals surface area contributed by atoms with E-state index in [1.54, 1.807) is 0 Å². The van der Waals surface area contributed by atoms with Crippen LogP contribution in [0.4, 0.5) is 0 Å². The monoisotopic (exact) mass is 284 g/mol. The van der Waals surface area contributed by atoms with Crippen LogP contribution in [0.2, 0.25) is 0 Å². The first-order valence-corrected chi connectivity index (χ1v) is 8.06. The van der Waals surface area contributed by atoms with Crippen LogP contribution >= 0.6 is 0 Å². The van der Waals surface area contributed by atoms with Crippen molar-refractivity contribution in [3.63, 3.8) is 0 Å². The van der Waals surface area contributed by atoms with Gasteiger partial charge in [0.2, 0.25) is 0 Å². The van der Waals surface area contributed by atoms with Crippen molar-refractivity contribution in [3.05, 3.63) is 0 Å². The lowest BCUT2D eigenvalue weighted by molar-refractivity contribution is -0.0136. The summed E-state index contributed by atoms with van der Waals surface area (Å²) in [6, 6.07) is 0. The lowest BCUT2D eigenvalue weighted by Gasteiger charge is -2.29. The molecule has 1 unspecified atom stereocenters. The number of rotatable bonds is 9. The van der Waals surface area contributed by atoms with E-state index >= 15 is 0 Å². The van der Waals surface area contributed by atoms with Crippen molar-refractivity contribution < 1.29 is 4.74 Å². The number of hydrogen-bond donors (Lipinski definition) is 2. The summed E-state index contributed by atoms with van der Waals surface area (Å²) in [5.74, 6) is 0.551. The number of nitrogens with two attached hydrogens (primary N) is 1. The minimum atomic E-state index is 0.183. The first-order chi connectivity index (χ1) is 9.72. The van der Waals surface area contributed by atoms with Gasteiger partial charge < -0.3 is 20.7 Å². The number of nitrogens with one attached hydrogen (secondary N) is 1. The van der Waals surface area contributed by atoms with Crippen LogP contribution in [0, 0.1) is 0 Å². The van der Waals surface area contributed by atoms with Crippen molar-refractivity contribution in [2.75, 3.05) is 39.8 Å². The predicted molar refractivity (Wildman–Crippen MR) is 85.1 cm³/mol. The summed E-state index contributed by atoms with van der Waals surface area (Å²) in [5, 5.41) is 3.18. The van der Waals surface area contributed by atoms with Gasteiger partial charge in [-0.3, -0.25) is 4.99 Å².